The van der Waals surface area contributed by atoms with E-state index < -0.39 is 29.5 Å². The lowest BCUT2D eigenvalue weighted by Crippen LogP contribution is -2.29. The minimum absolute atomic E-state index is 0.155. The van der Waals surface area contributed by atoms with E-state index >= 15 is 0 Å². The van der Waals surface area contributed by atoms with Gasteiger partial charge in [0.25, 0.3) is 11.6 Å². The van der Waals surface area contributed by atoms with Gasteiger partial charge in [-0.3, -0.25) is 14.9 Å². The molecule has 0 aliphatic heterocycles. The largest absolute Gasteiger partial charge is 0.479 e. The number of nitrogens with one attached hydrogen (secondary N) is 1. The van der Waals surface area contributed by atoms with Crippen molar-refractivity contribution in [2.75, 3.05) is 11.9 Å². The maximum absolute atomic E-state index is 12.0. The predicted octanol–water partition coefficient (Wildman–Crippen LogP) is 3.51. The van der Waals surface area contributed by atoms with Crippen molar-refractivity contribution in [1.29, 1.82) is 0 Å². The van der Waals surface area contributed by atoms with Crippen molar-refractivity contribution in [1.82, 2.24) is 0 Å². The van der Waals surface area contributed by atoms with Gasteiger partial charge >= 0.3 is 5.97 Å². The summed E-state index contributed by atoms with van der Waals surface area (Å²) in [6.07, 6.45) is -0.932. The SMILES string of the molecule is Cc1ccc([N+](=O)[O-])cc1NC(=O)COC(=O)[C@H](C)Oc1ccc(Cl)cc1. The molecule has 0 saturated carbocycles. The lowest BCUT2D eigenvalue weighted by Gasteiger charge is -2.14. The molecule has 0 radical (unpaired) electrons. The van der Waals surface area contributed by atoms with Crippen molar-refractivity contribution >= 4 is 34.9 Å². The molecule has 2 aromatic rings. The molecule has 27 heavy (non-hydrogen) atoms. The summed E-state index contributed by atoms with van der Waals surface area (Å²) in [5.74, 6) is -0.915. The number of esters is 1. The summed E-state index contributed by atoms with van der Waals surface area (Å²) in [4.78, 5) is 34.1. The molecule has 2 aromatic carbocycles. The Morgan fingerprint density at radius 3 is 2.52 bits per heavy atom. The van der Waals surface area contributed by atoms with Crippen LogP contribution in [0.4, 0.5) is 11.4 Å². The minimum Gasteiger partial charge on any atom is -0.479 e. The third-order valence-electron chi connectivity index (χ3n) is 3.51. The normalized spacial score (nSPS) is 11.4. The number of ether oxygens (including phenoxy) is 2. The number of rotatable bonds is 7. The van der Waals surface area contributed by atoms with Gasteiger partial charge in [-0.1, -0.05) is 17.7 Å². The number of nitro benzene ring substituents is 1. The van der Waals surface area contributed by atoms with E-state index in [0.29, 0.717) is 16.3 Å². The highest BCUT2D eigenvalue weighted by molar-refractivity contribution is 6.30. The fraction of sp³-hybridized carbons (Fsp3) is 0.222. The van der Waals surface area contributed by atoms with Crippen LogP contribution in [0.1, 0.15) is 12.5 Å². The van der Waals surface area contributed by atoms with Crippen LogP contribution in [0.15, 0.2) is 42.5 Å². The van der Waals surface area contributed by atoms with E-state index in [0.717, 1.165) is 0 Å². The molecule has 142 valence electrons. The first kappa shape index (κ1) is 20.2. The van der Waals surface area contributed by atoms with Crippen LogP contribution in [-0.4, -0.2) is 29.5 Å². The number of hydrogen-bond donors (Lipinski definition) is 1. The number of non-ortho nitro benzene ring substituents is 1. The number of carbonyl (C=O) groups is 2. The maximum atomic E-state index is 12.0. The van der Waals surface area contributed by atoms with Gasteiger partial charge in [-0.05, 0) is 43.7 Å². The standard InChI is InChI=1S/C18H17ClN2O6/c1-11-3-6-14(21(24)25)9-16(11)20-17(22)10-26-18(23)12(2)27-15-7-4-13(19)5-8-15/h3-9,12H,10H2,1-2H3,(H,20,22)/t12-/m0/s1. The van der Waals surface area contributed by atoms with Gasteiger partial charge in [0, 0.05) is 17.2 Å². The van der Waals surface area contributed by atoms with E-state index in [4.69, 9.17) is 21.1 Å². The Bertz CT molecular complexity index is 853. The smallest absolute Gasteiger partial charge is 0.347 e. The highest BCUT2D eigenvalue weighted by Gasteiger charge is 2.18. The second kappa shape index (κ2) is 9.00. The molecule has 0 fully saturated rings. The molecule has 0 bridgehead atoms. The molecule has 1 atom stereocenters. The molecule has 1 N–H and O–H groups in total. The number of hydrogen-bond acceptors (Lipinski definition) is 6. The van der Waals surface area contributed by atoms with E-state index in [1.54, 1.807) is 31.2 Å². The first-order chi connectivity index (χ1) is 12.8. The van der Waals surface area contributed by atoms with E-state index in [1.165, 1.54) is 25.1 Å². The number of nitrogens with zero attached hydrogens (tertiary/aromatic N) is 1. The maximum Gasteiger partial charge on any atom is 0.347 e. The number of nitro groups is 1. The Hall–Kier alpha value is -3.13. The quantitative estimate of drug-likeness (QED) is 0.439. The Morgan fingerprint density at radius 1 is 1.22 bits per heavy atom. The zero-order valence-electron chi connectivity index (χ0n) is 14.6. The lowest BCUT2D eigenvalue weighted by atomic mass is 10.2. The van der Waals surface area contributed by atoms with Gasteiger partial charge < -0.3 is 14.8 Å². The van der Waals surface area contributed by atoms with Crippen LogP contribution in [0.25, 0.3) is 0 Å². The molecular formula is C18H17ClN2O6. The average molecular weight is 393 g/mol. The summed E-state index contributed by atoms with van der Waals surface area (Å²) in [5, 5.41) is 13.8. The van der Waals surface area contributed by atoms with E-state index in [-0.39, 0.29) is 11.4 Å². The molecule has 0 spiro atoms. The molecule has 2 rings (SSSR count). The first-order valence-corrected chi connectivity index (χ1v) is 8.28. The molecule has 0 saturated heterocycles. The Kier molecular flexibility index (Phi) is 6.73. The van der Waals surface area contributed by atoms with E-state index in [2.05, 4.69) is 5.32 Å². The van der Waals surface area contributed by atoms with Crippen molar-refractivity contribution in [2.24, 2.45) is 0 Å². The fourth-order valence-electron chi connectivity index (χ4n) is 2.06. The summed E-state index contributed by atoms with van der Waals surface area (Å²) in [7, 11) is 0. The van der Waals surface area contributed by atoms with Crippen molar-refractivity contribution in [3.63, 3.8) is 0 Å². The van der Waals surface area contributed by atoms with Gasteiger partial charge in [0.2, 0.25) is 0 Å². The third-order valence-corrected chi connectivity index (χ3v) is 3.76. The fourth-order valence-corrected chi connectivity index (χ4v) is 2.19. The van der Waals surface area contributed by atoms with Crippen LogP contribution in [0, 0.1) is 17.0 Å². The zero-order chi connectivity index (χ0) is 20.0. The second-order valence-electron chi connectivity index (χ2n) is 5.63. The number of halogens is 1. The minimum atomic E-state index is -0.932. The van der Waals surface area contributed by atoms with Crippen molar-refractivity contribution in [3.05, 3.63) is 63.2 Å². The van der Waals surface area contributed by atoms with Gasteiger partial charge in [0.05, 0.1) is 10.6 Å². The summed E-state index contributed by atoms with van der Waals surface area (Å²) >= 11 is 5.77. The van der Waals surface area contributed by atoms with Crippen LogP contribution in [-0.2, 0) is 14.3 Å². The summed E-state index contributed by atoms with van der Waals surface area (Å²) in [6.45, 7) is 2.63. The molecule has 8 nitrogen and oxygen atoms in total. The molecule has 9 heteroatoms. The predicted molar refractivity (Wildman–Crippen MR) is 99.0 cm³/mol. The topological polar surface area (TPSA) is 108 Å². The van der Waals surface area contributed by atoms with Crippen LogP contribution in [0.5, 0.6) is 5.75 Å². The van der Waals surface area contributed by atoms with E-state index in [9.17, 15) is 19.7 Å². The number of benzene rings is 2. The number of carbonyl (C=O) groups excluding carboxylic acids is 2. The molecule has 0 aliphatic carbocycles. The van der Waals surface area contributed by atoms with E-state index in [1.807, 2.05) is 0 Å². The van der Waals surface area contributed by atoms with Crippen molar-refractivity contribution < 1.29 is 24.0 Å². The first-order valence-electron chi connectivity index (χ1n) is 7.90. The van der Waals surface area contributed by atoms with Gasteiger partial charge in [-0.15, -0.1) is 0 Å². The van der Waals surface area contributed by atoms with Gasteiger partial charge in [-0.2, -0.15) is 0 Å². The number of aryl methyl sites for hydroxylation is 1. The van der Waals surface area contributed by atoms with Crippen LogP contribution in [0.3, 0.4) is 0 Å². The molecule has 0 unspecified atom stereocenters. The zero-order valence-corrected chi connectivity index (χ0v) is 15.4. The summed E-state index contributed by atoms with van der Waals surface area (Å²) in [5.41, 5.74) is 0.758. The second-order valence-corrected chi connectivity index (χ2v) is 6.06. The lowest BCUT2D eigenvalue weighted by molar-refractivity contribution is -0.384. The Labute approximate surface area is 160 Å². The van der Waals surface area contributed by atoms with Gasteiger partial charge in [-0.25, -0.2) is 4.79 Å². The number of anilines is 1. The molecule has 1 amide bonds. The highest BCUT2D eigenvalue weighted by atomic mass is 35.5. The summed E-state index contributed by atoms with van der Waals surface area (Å²) in [6, 6.07) is 10.5. The van der Waals surface area contributed by atoms with Gasteiger partial charge in [0.1, 0.15) is 5.75 Å². The monoisotopic (exact) mass is 392 g/mol. The Balaban J connectivity index is 1.87. The molecule has 0 aliphatic rings. The average Bonchev–Trinajstić information content (AvgIpc) is 2.63. The van der Waals surface area contributed by atoms with Gasteiger partial charge in [0.15, 0.2) is 12.7 Å². The summed E-state index contributed by atoms with van der Waals surface area (Å²) < 4.78 is 10.3. The van der Waals surface area contributed by atoms with Crippen LogP contribution < -0.4 is 10.1 Å². The van der Waals surface area contributed by atoms with Crippen molar-refractivity contribution in [3.8, 4) is 5.75 Å². The van der Waals surface area contributed by atoms with Crippen molar-refractivity contribution in [2.45, 2.75) is 20.0 Å². The Morgan fingerprint density at radius 2 is 1.89 bits per heavy atom. The van der Waals surface area contributed by atoms with Crippen LogP contribution in [0.2, 0.25) is 5.02 Å². The third kappa shape index (κ3) is 5.96. The van der Waals surface area contributed by atoms with Crippen LogP contribution >= 0.6 is 11.6 Å². The molecule has 0 heterocycles. The number of amides is 1. The molecule has 0 aromatic heterocycles. The highest BCUT2D eigenvalue weighted by Crippen LogP contribution is 2.22. The molecular weight excluding hydrogens is 376 g/mol.